The number of unbranched alkanes of at least 4 members (excludes halogenated alkanes) is 9. The summed E-state index contributed by atoms with van der Waals surface area (Å²) < 4.78 is 6.45. The molecular weight excluding hydrogens is 214 g/mol. The van der Waals surface area contributed by atoms with Crippen LogP contribution in [-0.4, -0.2) is 17.1 Å². The number of hydrogen-bond donors (Lipinski definition) is 2. The summed E-state index contributed by atoms with van der Waals surface area (Å²) in [5.41, 5.74) is 5.54. The molecule has 0 heterocycles. The molecule has 0 aromatic heterocycles. The van der Waals surface area contributed by atoms with Gasteiger partial charge in [0.25, 0.3) is 1.43 Å². The van der Waals surface area contributed by atoms with Gasteiger partial charge in [0.2, 0.25) is 0 Å². The van der Waals surface area contributed by atoms with E-state index in [4.69, 9.17) is 7.16 Å². The van der Waals surface area contributed by atoms with E-state index in [1.54, 1.807) is 0 Å². The van der Waals surface area contributed by atoms with Crippen LogP contribution in [0.3, 0.4) is 0 Å². The van der Waals surface area contributed by atoms with E-state index in [0.29, 0.717) is 6.42 Å². The monoisotopic (exact) mass is 244 g/mol. The minimum absolute atomic E-state index is 0.614. The van der Waals surface area contributed by atoms with Crippen LogP contribution in [0.15, 0.2) is 0 Å². The van der Waals surface area contributed by atoms with Gasteiger partial charge in [-0.25, -0.2) is 0 Å². The predicted molar refractivity (Wildman–Crippen MR) is 72.1 cm³/mol. The van der Waals surface area contributed by atoms with Crippen LogP contribution in [0.25, 0.3) is 1.43 Å². The van der Waals surface area contributed by atoms with Crippen LogP contribution in [0, 0.1) is 0 Å². The van der Waals surface area contributed by atoms with Gasteiger partial charge in [-0.1, -0.05) is 71.1 Å². The van der Waals surface area contributed by atoms with Crippen LogP contribution in [0.2, 0.25) is 0 Å². The number of carboxylic acid groups (broad SMARTS) is 1. The lowest BCUT2D eigenvalue weighted by molar-refractivity contribution is -0.138. The number of carbonyl (C=O) groups is 1. The van der Waals surface area contributed by atoms with Crippen molar-refractivity contribution in [3.8, 4) is 0 Å². The number of hydrogen-bond acceptors (Lipinski definition) is 3. The first kappa shape index (κ1) is 14.5. The van der Waals surface area contributed by atoms with Crippen molar-refractivity contribution in [2.24, 2.45) is 5.73 Å². The van der Waals surface area contributed by atoms with Crippen LogP contribution >= 0.6 is 0 Å². The number of nitrogens with two attached hydrogens (primary N) is 1. The number of carboxylic acids is 1. The van der Waals surface area contributed by atoms with Gasteiger partial charge in [-0.2, -0.15) is 0 Å². The summed E-state index contributed by atoms with van der Waals surface area (Å²) in [5.74, 6) is -0.620. The van der Waals surface area contributed by atoms with Gasteiger partial charge >= 0.3 is 5.97 Å². The average Bonchev–Trinajstić information content (AvgIpc) is 2.39. The topological polar surface area (TPSA) is 63.3 Å². The molecule has 102 valence electrons. The summed E-state index contributed by atoms with van der Waals surface area (Å²) >= 11 is 0. The van der Waals surface area contributed by atoms with Gasteiger partial charge < -0.3 is 10.8 Å². The highest BCUT2D eigenvalue weighted by Gasteiger charge is 2.09. The van der Waals surface area contributed by atoms with Crippen LogP contribution < -0.4 is 5.73 Å². The van der Waals surface area contributed by atoms with E-state index in [1.165, 1.54) is 51.4 Å². The lowest BCUT2D eigenvalue weighted by Gasteiger charge is -2.05. The summed E-state index contributed by atoms with van der Waals surface area (Å²) in [4.78, 5) is 10.9. The molecule has 0 aliphatic carbocycles. The van der Waals surface area contributed by atoms with Crippen LogP contribution in [0.5, 0.6) is 0 Å². The maximum Gasteiger partial charge on any atom is 0.320 e. The molecule has 0 bridgehead atoms. The Balaban J connectivity index is 3.14. The first-order chi connectivity index (χ1) is 8.72. The largest absolute Gasteiger partial charge is 0.480 e. The molecule has 0 amide bonds. The smallest absolute Gasteiger partial charge is 0.320 e. The second-order valence-corrected chi connectivity index (χ2v) is 4.90. The van der Waals surface area contributed by atoms with Crippen LogP contribution in [0.4, 0.5) is 0 Å². The fourth-order valence-electron chi connectivity index (χ4n) is 1.97. The predicted octanol–water partition coefficient (Wildman–Crippen LogP) is 3.71. The highest BCUT2D eigenvalue weighted by Crippen LogP contribution is 2.11. The molecule has 17 heavy (non-hydrogen) atoms. The van der Waals surface area contributed by atoms with Gasteiger partial charge in [0.1, 0.15) is 6.04 Å². The normalized spacial score (nSPS) is 13.2. The van der Waals surface area contributed by atoms with Gasteiger partial charge in [-0.05, 0) is 6.42 Å². The SMILES string of the molecule is [2H]OC(=O)[C@H](N)CCCCCCCCCCCC. The summed E-state index contributed by atoms with van der Waals surface area (Å²) in [6, 6.07) is -0.614. The van der Waals surface area contributed by atoms with E-state index in [9.17, 15) is 4.79 Å². The van der Waals surface area contributed by atoms with E-state index in [1.807, 2.05) is 0 Å². The minimum atomic E-state index is -0.620. The molecule has 0 saturated heterocycles. The molecule has 0 aromatic rings. The van der Waals surface area contributed by atoms with Gasteiger partial charge in [0, 0.05) is 0 Å². The Labute approximate surface area is 107 Å². The Bertz CT molecular complexity index is 200. The van der Waals surface area contributed by atoms with Crippen molar-refractivity contribution in [3.63, 3.8) is 0 Å². The van der Waals surface area contributed by atoms with Gasteiger partial charge in [0.15, 0.2) is 0 Å². The average molecular weight is 244 g/mol. The molecule has 3 N–H and O–H groups in total. The van der Waals surface area contributed by atoms with Crippen molar-refractivity contribution in [2.75, 3.05) is 0 Å². The molecule has 3 heteroatoms. The van der Waals surface area contributed by atoms with Crippen LogP contribution in [0.1, 0.15) is 77.6 Å². The maximum absolute atomic E-state index is 10.9. The molecule has 0 aliphatic heterocycles. The molecule has 1 atom stereocenters. The fraction of sp³-hybridized carbons (Fsp3) is 0.929. The number of aliphatic carboxylic acids is 1. The Morgan fingerprint density at radius 1 is 1.06 bits per heavy atom. The third kappa shape index (κ3) is 11.7. The second-order valence-electron chi connectivity index (χ2n) is 4.90. The third-order valence-electron chi connectivity index (χ3n) is 3.17. The molecule has 0 saturated carbocycles. The quantitative estimate of drug-likeness (QED) is 0.514. The maximum atomic E-state index is 10.9. The third-order valence-corrected chi connectivity index (χ3v) is 3.17. The van der Waals surface area contributed by atoms with Gasteiger partial charge in [0.05, 0.1) is 0 Å². The lowest BCUT2D eigenvalue weighted by Crippen LogP contribution is -2.29. The zero-order valence-corrected chi connectivity index (χ0v) is 11.2. The summed E-state index contributed by atoms with van der Waals surface area (Å²) in [7, 11) is 0. The summed E-state index contributed by atoms with van der Waals surface area (Å²) in [6.07, 6.45) is 13.3. The Kier molecular flexibility index (Phi) is 10.1. The number of rotatable bonds is 12. The molecular formula is C14H29NO2. The molecule has 3 nitrogen and oxygen atoms in total. The Hall–Kier alpha value is -0.570. The highest BCUT2D eigenvalue weighted by molar-refractivity contribution is 5.72. The standard InChI is InChI=1S/C14H29NO2/c1-2-3-4-5-6-7-8-9-10-11-12-13(15)14(16)17/h13H,2-12,15H2,1H3,(H,16,17)/t13-/m1/s1/i/hD. The van der Waals surface area contributed by atoms with Crippen molar-refractivity contribution in [2.45, 2.75) is 83.6 Å². The molecule has 0 unspecified atom stereocenters. The van der Waals surface area contributed by atoms with E-state index in [2.05, 4.69) is 12.0 Å². The molecule has 0 aromatic carbocycles. The molecule has 0 radical (unpaired) electrons. The van der Waals surface area contributed by atoms with Crippen molar-refractivity contribution < 1.29 is 9.90 Å². The van der Waals surface area contributed by atoms with Crippen molar-refractivity contribution >= 4 is 5.97 Å². The van der Waals surface area contributed by atoms with E-state index >= 15 is 0 Å². The first-order valence-corrected chi connectivity index (χ1v) is 7.15. The molecule has 0 spiro atoms. The zero-order valence-electron chi connectivity index (χ0n) is 12.2. The van der Waals surface area contributed by atoms with Crippen molar-refractivity contribution in [3.05, 3.63) is 0 Å². The van der Waals surface area contributed by atoms with Gasteiger partial charge in [-0.15, -0.1) is 0 Å². The lowest BCUT2D eigenvalue weighted by atomic mass is 10.0. The Morgan fingerprint density at radius 2 is 1.53 bits per heavy atom. The second kappa shape index (κ2) is 11.9. The zero-order chi connectivity index (χ0) is 13.6. The highest BCUT2D eigenvalue weighted by atomic mass is 16.4. The van der Waals surface area contributed by atoms with Gasteiger partial charge in [-0.3, -0.25) is 4.79 Å². The molecule has 0 aliphatic rings. The van der Waals surface area contributed by atoms with E-state index in [-0.39, 0.29) is 0 Å². The molecule has 0 rings (SSSR count). The van der Waals surface area contributed by atoms with E-state index < -0.39 is 12.0 Å². The fourth-order valence-corrected chi connectivity index (χ4v) is 1.97. The molecule has 0 fully saturated rings. The Morgan fingerprint density at radius 3 is 2.00 bits per heavy atom. The summed E-state index contributed by atoms with van der Waals surface area (Å²) in [6.45, 7) is 2.24. The first-order valence-electron chi connectivity index (χ1n) is 7.55. The van der Waals surface area contributed by atoms with Crippen molar-refractivity contribution in [1.82, 2.24) is 0 Å². The van der Waals surface area contributed by atoms with E-state index in [0.717, 1.165) is 12.8 Å². The minimum Gasteiger partial charge on any atom is -0.480 e. The summed E-state index contributed by atoms with van der Waals surface area (Å²) in [5, 5.41) is 3.84. The van der Waals surface area contributed by atoms with Crippen LogP contribution in [-0.2, 0) is 4.79 Å². The van der Waals surface area contributed by atoms with Crippen molar-refractivity contribution in [1.29, 1.82) is 1.43 Å².